The molecule has 11 heteroatoms. The number of hydrogen-bond donors (Lipinski definition) is 0. The lowest BCUT2D eigenvalue weighted by Gasteiger charge is -2.38. The molecule has 38 heavy (non-hydrogen) atoms. The molecule has 1 aromatic heterocycles. The molecule has 9 nitrogen and oxygen atoms in total. The molecule has 0 saturated carbocycles. The molecule has 3 saturated heterocycles. The average Bonchev–Trinajstić information content (AvgIpc) is 3.35. The molecule has 0 radical (unpaired) electrons. The van der Waals surface area contributed by atoms with Crippen molar-refractivity contribution in [3.63, 3.8) is 0 Å². The molecule has 4 heterocycles. The van der Waals surface area contributed by atoms with Crippen LogP contribution in [0, 0.1) is 0 Å². The summed E-state index contributed by atoms with van der Waals surface area (Å²) < 4.78 is 26.0. The van der Waals surface area contributed by atoms with Gasteiger partial charge in [0, 0.05) is 42.8 Å². The number of ether oxygens (including phenoxy) is 1. The SMILES string of the molecule is O=C(/C=C/c1ccc(Cl)cc1)c1cccc(OCc2cn(CCC[Si]34OCCN(CCO3)CCO4)nn2)c1. The van der Waals surface area contributed by atoms with E-state index in [2.05, 4.69) is 15.2 Å². The normalized spacial score (nSPS) is 21.7. The average molecular weight is 555 g/mol. The molecular formula is C27H31ClN4O5Si. The number of aryl methyl sites for hydroxylation is 1. The third-order valence-electron chi connectivity index (χ3n) is 6.45. The molecule has 3 aliphatic rings. The van der Waals surface area contributed by atoms with E-state index in [1.54, 1.807) is 47.2 Å². The van der Waals surface area contributed by atoms with Crippen molar-refractivity contribution in [1.82, 2.24) is 19.9 Å². The van der Waals surface area contributed by atoms with E-state index in [-0.39, 0.29) is 12.4 Å². The van der Waals surface area contributed by atoms with Crippen molar-refractivity contribution < 1.29 is 22.8 Å². The molecule has 0 spiro atoms. The zero-order valence-corrected chi connectivity index (χ0v) is 22.9. The number of hydrogen-bond acceptors (Lipinski definition) is 8. The first-order valence-corrected chi connectivity index (χ1v) is 15.1. The highest BCUT2D eigenvalue weighted by molar-refractivity contribution is 6.60. The number of aromatic nitrogens is 3. The van der Waals surface area contributed by atoms with Crippen molar-refractivity contribution in [2.45, 2.75) is 25.6 Å². The van der Waals surface area contributed by atoms with Crippen molar-refractivity contribution in [3.05, 3.63) is 82.6 Å². The Morgan fingerprint density at radius 1 is 1.05 bits per heavy atom. The second kappa shape index (κ2) is 12.8. The van der Waals surface area contributed by atoms with E-state index >= 15 is 0 Å². The van der Waals surface area contributed by atoms with Crippen molar-refractivity contribution in [2.24, 2.45) is 0 Å². The van der Waals surface area contributed by atoms with Crippen molar-refractivity contribution in [3.8, 4) is 5.75 Å². The van der Waals surface area contributed by atoms with Gasteiger partial charge in [0.15, 0.2) is 5.78 Å². The zero-order chi connectivity index (χ0) is 26.2. The van der Waals surface area contributed by atoms with Gasteiger partial charge in [-0.05, 0) is 42.3 Å². The van der Waals surface area contributed by atoms with Gasteiger partial charge in [-0.2, -0.15) is 0 Å². The monoisotopic (exact) mass is 554 g/mol. The van der Waals surface area contributed by atoms with Gasteiger partial charge in [-0.25, -0.2) is 0 Å². The standard InChI is InChI=1S/C27H31ClN4O5Si/c28-24-8-5-22(6-9-24)7-10-27(33)23-3-1-4-26(19-23)34-21-25-20-32(30-29-25)11-2-18-38-35-15-12-31(13-16-36-38)14-17-37-38/h1,3-10,19-20H,2,11-18,21H2/b10-7+. The van der Waals surface area contributed by atoms with E-state index in [0.717, 1.165) is 37.7 Å². The van der Waals surface area contributed by atoms with E-state index in [9.17, 15) is 4.79 Å². The van der Waals surface area contributed by atoms with Crippen molar-refractivity contribution in [2.75, 3.05) is 39.5 Å². The Morgan fingerprint density at radius 3 is 2.53 bits per heavy atom. The molecule has 3 aromatic rings. The quantitative estimate of drug-likeness (QED) is 0.210. The van der Waals surface area contributed by atoms with Crippen LogP contribution >= 0.6 is 11.6 Å². The second-order valence-electron chi connectivity index (χ2n) is 9.21. The summed E-state index contributed by atoms with van der Waals surface area (Å²) in [5.74, 6) is 0.483. The molecule has 6 rings (SSSR count). The maximum absolute atomic E-state index is 12.6. The van der Waals surface area contributed by atoms with E-state index in [1.807, 2.05) is 24.4 Å². The number of carbonyl (C=O) groups is 1. The molecular weight excluding hydrogens is 524 g/mol. The maximum atomic E-state index is 12.6. The summed E-state index contributed by atoms with van der Waals surface area (Å²) in [7, 11) is -2.63. The van der Waals surface area contributed by atoms with Gasteiger partial charge in [0.1, 0.15) is 18.1 Å². The fourth-order valence-corrected chi connectivity index (χ4v) is 6.98. The molecule has 0 atom stereocenters. The van der Waals surface area contributed by atoms with Crippen LogP contribution in [0.1, 0.15) is 28.0 Å². The minimum absolute atomic E-state index is 0.109. The number of rotatable bonds is 10. The molecule has 3 aliphatic heterocycles. The second-order valence-corrected chi connectivity index (χ2v) is 12.4. The predicted octanol–water partition coefficient (Wildman–Crippen LogP) is 4.11. The Kier molecular flexibility index (Phi) is 9.00. The molecule has 0 amide bonds. The lowest BCUT2D eigenvalue weighted by molar-refractivity contribution is -0.00869. The lowest BCUT2D eigenvalue weighted by Crippen LogP contribution is -2.55. The van der Waals surface area contributed by atoms with Gasteiger partial charge in [0.25, 0.3) is 0 Å². The van der Waals surface area contributed by atoms with Crippen LogP contribution in [0.25, 0.3) is 6.08 Å². The third-order valence-corrected chi connectivity index (χ3v) is 9.60. The molecule has 200 valence electrons. The summed E-state index contributed by atoms with van der Waals surface area (Å²) in [5.41, 5.74) is 2.15. The number of nitrogens with zero attached hydrogens (tertiary/aromatic N) is 4. The highest BCUT2D eigenvalue weighted by Gasteiger charge is 2.43. The fraction of sp³-hybridized carbons (Fsp3) is 0.370. The number of carbonyl (C=O) groups excluding carboxylic acids is 1. The highest BCUT2D eigenvalue weighted by Crippen LogP contribution is 2.22. The Bertz CT molecular complexity index is 1230. The number of halogens is 1. The molecule has 3 fully saturated rings. The minimum Gasteiger partial charge on any atom is -0.487 e. The summed E-state index contributed by atoms with van der Waals surface area (Å²) in [6.07, 6.45) is 6.01. The van der Waals surface area contributed by atoms with Crippen molar-refractivity contribution in [1.29, 1.82) is 0 Å². The Hall–Kier alpha value is -2.86. The van der Waals surface area contributed by atoms with Crippen LogP contribution in [0.4, 0.5) is 0 Å². The van der Waals surface area contributed by atoms with Gasteiger partial charge in [0.2, 0.25) is 0 Å². The van der Waals surface area contributed by atoms with Crippen LogP contribution in [0.3, 0.4) is 0 Å². The first kappa shape index (κ1) is 26.7. The van der Waals surface area contributed by atoms with Crippen LogP contribution in [-0.2, 0) is 26.4 Å². The highest BCUT2D eigenvalue weighted by atomic mass is 35.5. The minimum atomic E-state index is -2.63. The molecule has 2 bridgehead atoms. The van der Waals surface area contributed by atoms with Gasteiger partial charge in [-0.1, -0.05) is 47.2 Å². The summed E-state index contributed by atoms with van der Waals surface area (Å²) in [5, 5.41) is 9.11. The van der Waals surface area contributed by atoms with Gasteiger partial charge < -0.3 is 18.0 Å². The molecule has 0 N–H and O–H groups in total. The van der Waals surface area contributed by atoms with E-state index in [1.165, 1.54) is 0 Å². The summed E-state index contributed by atoms with van der Waals surface area (Å²) in [6, 6.07) is 15.2. The zero-order valence-electron chi connectivity index (χ0n) is 21.1. The molecule has 2 aromatic carbocycles. The van der Waals surface area contributed by atoms with Crippen LogP contribution in [0.15, 0.2) is 60.8 Å². The predicted molar refractivity (Wildman–Crippen MR) is 145 cm³/mol. The summed E-state index contributed by atoms with van der Waals surface area (Å²) >= 11 is 5.91. The largest absolute Gasteiger partial charge is 0.501 e. The van der Waals surface area contributed by atoms with Gasteiger partial charge in [0.05, 0.1) is 26.0 Å². The number of allylic oxidation sites excluding steroid dienone is 1. The number of benzene rings is 2. The Labute approximate surface area is 228 Å². The van der Waals surface area contributed by atoms with E-state index in [4.69, 9.17) is 29.6 Å². The lowest BCUT2D eigenvalue weighted by atomic mass is 10.1. The van der Waals surface area contributed by atoms with Gasteiger partial charge in [-0.3, -0.25) is 14.4 Å². The van der Waals surface area contributed by atoms with Crippen LogP contribution in [0.5, 0.6) is 5.75 Å². The van der Waals surface area contributed by atoms with E-state index in [0.29, 0.717) is 48.4 Å². The van der Waals surface area contributed by atoms with Crippen LogP contribution in [0.2, 0.25) is 11.1 Å². The summed E-state index contributed by atoms with van der Waals surface area (Å²) in [6.45, 7) is 5.71. The first-order valence-electron chi connectivity index (χ1n) is 12.8. The smallest absolute Gasteiger partial charge is 0.487 e. The number of fused-ring (bicyclic) bond motifs is 6. The Balaban J connectivity index is 1.10. The third kappa shape index (κ3) is 7.37. The maximum Gasteiger partial charge on any atom is 0.501 e. The fourth-order valence-electron chi connectivity index (χ4n) is 4.38. The van der Waals surface area contributed by atoms with Crippen molar-refractivity contribution >= 4 is 32.3 Å². The Morgan fingerprint density at radius 2 is 1.79 bits per heavy atom. The van der Waals surface area contributed by atoms with Gasteiger partial charge in [-0.15, -0.1) is 5.10 Å². The summed E-state index contributed by atoms with van der Waals surface area (Å²) in [4.78, 5) is 14.9. The van der Waals surface area contributed by atoms with Crippen LogP contribution in [-0.4, -0.2) is 73.9 Å². The number of ketones is 1. The van der Waals surface area contributed by atoms with E-state index < -0.39 is 8.80 Å². The van der Waals surface area contributed by atoms with Crippen LogP contribution < -0.4 is 4.74 Å². The molecule has 0 unspecified atom stereocenters. The first-order chi connectivity index (χ1) is 18.6. The van der Waals surface area contributed by atoms with Gasteiger partial charge >= 0.3 is 8.80 Å². The molecule has 0 aliphatic carbocycles. The topological polar surface area (TPSA) is 87.9 Å².